The summed E-state index contributed by atoms with van der Waals surface area (Å²) >= 11 is 3.36. The number of hydrogen-bond donors (Lipinski definition) is 2. The maximum absolute atomic E-state index is 11.6. The van der Waals surface area contributed by atoms with Gasteiger partial charge in [-0.1, -0.05) is 15.9 Å². The van der Waals surface area contributed by atoms with Gasteiger partial charge in [-0.15, -0.1) is 0 Å². The third-order valence-electron chi connectivity index (χ3n) is 2.17. The smallest absolute Gasteiger partial charge is 0.250 e. The lowest BCUT2D eigenvalue weighted by Crippen LogP contribution is -2.21. The quantitative estimate of drug-likeness (QED) is 0.840. The molecule has 1 aromatic rings. The number of carbonyl (C=O) groups excluding carboxylic acids is 1. The summed E-state index contributed by atoms with van der Waals surface area (Å²) in [4.78, 5) is 11.6. The zero-order valence-electron chi connectivity index (χ0n) is 10.2. The number of carbonyl (C=O) groups is 1. The minimum absolute atomic E-state index is 0.0299. The van der Waals surface area contributed by atoms with Gasteiger partial charge in [-0.25, -0.2) is 0 Å². The molecule has 0 saturated heterocycles. The van der Waals surface area contributed by atoms with Gasteiger partial charge in [-0.3, -0.25) is 4.79 Å². The Hall–Kier alpha value is -1.07. The minimum atomic E-state index is -0.206. The molecule has 1 rings (SSSR count). The summed E-state index contributed by atoms with van der Waals surface area (Å²) in [6.45, 7) is 5.68. The van der Waals surface area contributed by atoms with Crippen molar-refractivity contribution in [2.45, 2.75) is 26.9 Å². The van der Waals surface area contributed by atoms with E-state index in [0.717, 1.165) is 10.0 Å². The van der Waals surface area contributed by atoms with Gasteiger partial charge in [0.05, 0.1) is 17.5 Å². The standard InChI is InChI=1S/C12H17BrN2O2/c1-7(2)17-6-11(16)15-10-5-9(13)4-8(3)12(10)14/h4-5,7H,6,14H2,1-3H3,(H,15,16). The molecule has 94 valence electrons. The molecule has 17 heavy (non-hydrogen) atoms. The molecule has 0 aliphatic rings. The predicted molar refractivity (Wildman–Crippen MR) is 73.0 cm³/mol. The third-order valence-corrected chi connectivity index (χ3v) is 2.63. The SMILES string of the molecule is Cc1cc(Br)cc(NC(=O)COC(C)C)c1N. The summed E-state index contributed by atoms with van der Waals surface area (Å²) in [6, 6.07) is 3.67. The van der Waals surface area contributed by atoms with E-state index in [1.165, 1.54) is 0 Å². The Kier molecular flexibility index (Phi) is 4.96. The fourth-order valence-corrected chi connectivity index (χ4v) is 1.86. The van der Waals surface area contributed by atoms with E-state index in [2.05, 4.69) is 21.2 Å². The van der Waals surface area contributed by atoms with Gasteiger partial charge in [-0.05, 0) is 38.5 Å². The summed E-state index contributed by atoms with van der Waals surface area (Å²) in [5.74, 6) is -0.206. The van der Waals surface area contributed by atoms with Crippen molar-refractivity contribution < 1.29 is 9.53 Å². The van der Waals surface area contributed by atoms with Crippen molar-refractivity contribution in [3.8, 4) is 0 Å². The van der Waals surface area contributed by atoms with Crippen molar-refractivity contribution in [3.05, 3.63) is 22.2 Å². The second-order valence-electron chi connectivity index (χ2n) is 4.09. The van der Waals surface area contributed by atoms with Crippen LogP contribution < -0.4 is 11.1 Å². The second kappa shape index (κ2) is 6.02. The van der Waals surface area contributed by atoms with Gasteiger partial charge in [0.1, 0.15) is 6.61 Å². The lowest BCUT2D eigenvalue weighted by atomic mass is 10.2. The van der Waals surface area contributed by atoms with E-state index in [1.54, 1.807) is 6.07 Å². The Labute approximate surface area is 110 Å². The Balaban J connectivity index is 2.71. The van der Waals surface area contributed by atoms with Crippen molar-refractivity contribution >= 4 is 33.2 Å². The van der Waals surface area contributed by atoms with Crippen LogP contribution in [0.25, 0.3) is 0 Å². The van der Waals surface area contributed by atoms with Crippen LogP contribution in [0.2, 0.25) is 0 Å². The number of benzene rings is 1. The van der Waals surface area contributed by atoms with Crippen molar-refractivity contribution in [1.82, 2.24) is 0 Å². The number of ether oxygens (including phenoxy) is 1. The van der Waals surface area contributed by atoms with Crippen molar-refractivity contribution in [3.63, 3.8) is 0 Å². The molecule has 0 unspecified atom stereocenters. The zero-order valence-corrected chi connectivity index (χ0v) is 11.8. The van der Waals surface area contributed by atoms with Crippen LogP contribution in [-0.4, -0.2) is 18.6 Å². The van der Waals surface area contributed by atoms with Gasteiger partial charge in [0.25, 0.3) is 0 Å². The first-order chi connectivity index (χ1) is 7.90. The molecule has 0 spiro atoms. The monoisotopic (exact) mass is 300 g/mol. The number of hydrogen-bond acceptors (Lipinski definition) is 3. The molecule has 5 heteroatoms. The highest BCUT2D eigenvalue weighted by Crippen LogP contribution is 2.27. The number of nitrogens with one attached hydrogen (secondary N) is 1. The Morgan fingerprint density at radius 3 is 2.76 bits per heavy atom. The van der Waals surface area contributed by atoms with Gasteiger partial charge in [0, 0.05) is 4.47 Å². The van der Waals surface area contributed by atoms with Gasteiger partial charge < -0.3 is 15.8 Å². The molecule has 0 fully saturated rings. The topological polar surface area (TPSA) is 64.3 Å². The number of anilines is 2. The Morgan fingerprint density at radius 1 is 1.53 bits per heavy atom. The summed E-state index contributed by atoms with van der Waals surface area (Å²) in [7, 11) is 0. The van der Waals surface area contributed by atoms with Gasteiger partial charge >= 0.3 is 0 Å². The maximum atomic E-state index is 11.6. The normalized spacial score (nSPS) is 10.6. The van der Waals surface area contributed by atoms with Crippen molar-refractivity contribution in [2.24, 2.45) is 0 Å². The molecule has 3 N–H and O–H groups in total. The fraction of sp³-hybridized carbons (Fsp3) is 0.417. The average Bonchev–Trinajstić information content (AvgIpc) is 2.22. The predicted octanol–water partition coefficient (Wildman–Crippen LogP) is 2.70. The number of rotatable bonds is 4. The highest BCUT2D eigenvalue weighted by Gasteiger charge is 2.09. The van der Waals surface area contributed by atoms with Crippen LogP contribution in [0.4, 0.5) is 11.4 Å². The zero-order chi connectivity index (χ0) is 13.0. The van der Waals surface area contributed by atoms with Crippen LogP contribution in [0.1, 0.15) is 19.4 Å². The van der Waals surface area contributed by atoms with Gasteiger partial charge in [0.2, 0.25) is 5.91 Å². The summed E-state index contributed by atoms with van der Waals surface area (Å²) in [6.07, 6.45) is 0.0299. The van der Waals surface area contributed by atoms with Crippen LogP contribution in [0.3, 0.4) is 0 Å². The van der Waals surface area contributed by atoms with E-state index < -0.39 is 0 Å². The Morgan fingerprint density at radius 2 is 2.18 bits per heavy atom. The number of nitrogen functional groups attached to an aromatic ring is 1. The van der Waals surface area contributed by atoms with E-state index >= 15 is 0 Å². The number of amides is 1. The average molecular weight is 301 g/mol. The highest BCUT2D eigenvalue weighted by molar-refractivity contribution is 9.10. The minimum Gasteiger partial charge on any atom is -0.397 e. The summed E-state index contributed by atoms with van der Waals surface area (Å²) in [5, 5.41) is 2.73. The number of nitrogens with two attached hydrogens (primary N) is 1. The van der Waals surface area contributed by atoms with Crippen LogP contribution in [0.15, 0.2) is 16.6 Å². The second-order valence-corrected chi connectivity index (χ2v) is 5.01. The molecule has 0 atom stereocenters. The molecule has 0 aliphatic heterocycles. The number of halogens is 1. The van der Waals surface area contributed by atoms with Crippen LogP contribution in [0, 0.1) is 6.92 Å². The number of aryl methyl sites for hydroxylation is 1. The molecule has 4 nitrogen and oxygen atoms in total. The molecule has 0 bridgehead atoms. The van der Waals surface area contributed by atoms with Gasteiger partial charge in [-0.2, -0.15) is 0 Å². The first-order valence-corrected chi connectivity index (χ1v) is 6.16. The molecule has 0 heterocycles. The highest BCUT2D eigenvalue weighted by atomic mass is 79.9. The lowest BCUT2D eigenvalue weighted by molar-refractivity contribution is -0.121. The van der Waals surface area contributed by atoms with Crippen LogP contribution in [-0.2, 0) is 9.53 Å². The molecular weight excluding hydrogens is 284 g/mol. The van der Waals surface area contributed by atoms with E-state index in [0.29, 0.717) is 11.4 Å². The molecule has 0 aromatic heterocycles. The summed E-state index contributed by atoms with van der Waals surface area (Å²) < 4.78 is 6.09. The third kappa shape index (κ3) is 4.36. The van der Waals surface area contributed by atoms with E-state index in [9.17, 15) is 4.79 Å². The first kappa shape index (κ1) is 14.0. The van der Waals surface area contributed by atoms with Crippen LogP contribution >= 0.6 is 15.9 Å². The molecule has 1 amide bonds. The molecule has 0 radical (unpaired) electrons. The molecule has 1 aromatic carbocycles. The largest absolute Gasteiger partial charge is 0.397 e. The van der Waals surface area contributed by atoms with Crippen molar-refractivity contribution in [2.75, 3.05) is 17.7 Å². The Bertz CT molecular complexity index is 419. The van der Waals surface area contributed by atoms with Crippen LogP contribution in [0.5, 0.6) is 0 Å². The fourth-order valence-electron chi connectivity index (χ4n) is 1.29. The molecule has 0 aliphatic carbocycles. The summed E-state index contributed by atoms with van der Waals surface area (Å²) in [5.41, 5.74) is 7.98. The van der Waals surface area contributed by atoms with E-state index in [-0.39, 0.29) is 18.6 Å². The van der Waals surface area contributed by atoms with E-state index in [4.69, 9.17) is 10.5 Å². The molecular formula is C12H17BrN2O2. The maximum Gasteiger partial charge on any atom is 0.250 e. The first-order valence-electron chi connectivity index (χ1n) is 5.37. The molecule has 0 saturated carbocycles. The lowest BCUT2D eigenvalue weighted by Gasteiger charge is -2.12. The van der Waals surface area contributed by atoms with Crippen molar-refractivity contribution in [1.29, 1.82) is 0 Å². The van der Waals surface area contributed by atoms with Gasteiger partial charge in [0.15, 0.2) is 0 Å². The van der Waals surface area contributed by atoms with E-state index in [1.807, 2.05) is 26.8 Å².